The number of benzene rings is 1. The zero-order valence-corrected chi connectivity index (χ0v) is 12.1. The van der Waals surface area contributed by atoms with Crippen LogP contribution in [0.15, 0.2) is 18.2 Å². The van der Waals surface area contributed by atoms with Gasteiger partial charge in [0.05, 0.1) is 0 Å². The van der Waals surface area contributed by atoms with E-state index in [0.717, 1.165) is 31.4 Å². The van der Waals surface area contributed by atoms with Gasteiger partial charge in [-0.15, -0.1) is 11.6 Å². The summed E-state index contributed by atoms with van der Waals surface area (Å²) in [6.07, 6.45) is 5.60. The molecule has 2 nitrogen and oxygen atoms in total. The molecule has 1 amide bonds. The Morgan fingerprint density at radius 1 is 1.32 bits per heavy atom. The van der Waals surface area contributed by atoms with E-state index in [4.69, 9.17) is 11.6 Å². The Morgan fingerprint density at radius 2 is 2.05 bits per heavy atom. The fourth-order valence-electron chi connectivity index (χ4n) is 3.20. The molecule has 1 aromatic carbocycles. The van der Waals surface area contributed by atoms with Crippen LogP contribution in [0, 0.1) is 5.92 Å². The van der Waals surface area contributed by atoms with Crippen LogP contribution in [0.3, 0.4) is 0 Å². The number of amides is 1. The van der Waals surface area contributed by atoms with Crippen LogP contribution in [-0.4, -0.2) is 29.8 Å². The number of aryl methyl sites for hydroxylation is 2. The van der Waals surface area contributed by atoms with Crippen molar-refractivity contribution in [1.29, 1.82) is 0 Å². The van der Waals surface area contributed by atoms with Crippen molar-refractivity contribution in [3.63, 3.8) is 0 Å². The minimum Gasteiger partial charge on any atom is -0.341 e. The molecule has 19 heavy (non-hydrogen) atoms. The minimum atomic E-state index is 0.146. The summed E-state index contributed by atoms with van der Waals surface area (Å²) < 4.78 is 0. The average molecular weight is 278 g/mol. The quantitative estimate of drug-likeness (QED) is 0.777. The summed E-state index contributed by atoms with van der Waals surface area (Å²) in [6.45, 7) is 0.832. The number of nitrogens with zero attached hydrogens (tertiary/aromatic N) is 1. The molecule has 0 atom stereocenters. The molecule has 3 rings (SSSR count). The van der Waals surface area contributed by atoms with Crippen LogP contribution < -0.4 is 0 Å². The van der Waals surface area contributed by atoms with Crippen LogP contribution in [0.1, 0.15) is 40.7 Å². The van der Waals surface area contributed by atoms with Crippen molar-refractivity contribution in [2.75, 3.05) is 13.6 Å². The third-order valence-electron chi connectivity index (χ3n) is 4.40. The number of carbonyl (C=O) groups excluding carboxylic acids is 1. The van der Waals surface area contributed by atoms with Crippen LogP contribution in [-0.2, 0) is 12.8 Å². The summed E-state index contributed by atoms with van der Waals surface area (Å²) in [6, 6.07) is 6.20. The van der Waals surface area contributed by atoms with Gasteiger partial charge in [-0.2, -0.15) is 0 Å². The van der Waals surface area contributed by atoms with Gasteiger partial charge in [0.2, 0.25) is 0 Å². The lowest BCUT2D eigenvalue weighted by Gasteiger charge is -2.34. The van der Waals surface area contributed by atoms with Gasteiger partial charge in [-0.1, -0.05) is 6.07 Å². The number of hydrogen-bond donors (Lipinski definition) is 0. The molecule has 1 aromatic rings. The Hall–Kier alpha value is -1.02. The normalized spacial score (nSPS) is 24.7. The fourth-order valence-corrected chi connectivity index (χ4v) is 3.70. The molecule has 0 radical (unpaired) electrons. The van der Waals surface area contributed by atoms with E-state index in [-0.39, 0.29) is 5.91 Å². The molecule has 0 spiro atoms. The van der Waals surface area contributed by atoms with E-state index in [9.17, 15) is 4.79 Å². The number of fused-ring (bicyclic) bond motifs is 1. The Kier molecular flexibility index (Phi) is 3.53. The average Bonchev–Trinajstić information content (AvgIpc) is 2.83. The number of rotatable bonds is 3. The molecule has 0 bridgehead atoms. The monoisotopic (exact) mass is 277 g/mol. The van der Waals surface area contributed by atoms with Crippen LogP contribution in [0.5, 0.6) is 0 Å². The maximum Gasteiger partial charge on any atom is 0.253 e. The summed E-state index contributed by atoms with van der Waals surface area (Å²) in [4.78, 5) is 14.2. The third kappa shape index (κ3) is 2.64. The van der Waals surface area contributed by atoms with Crippen molar-refractivity contribution >= 4 is 17.5 Å². The van der Waals surface area contributed by atoms with E-state index in [0.29, 0.717) is 11.3 Å². The van der Waals surface area contributed by atoms with Gasteiger partial charge in [0, 0.05) is 24.5 Å². The first-order chi connectivity index (χ1) is 9.13. The number of hydrogen-bond acceptors (Lipinski definition) is 1. The van der Waals surface area contributed by atoms with Crippen LogP contribution in [0.4, 0.5) is 0 Å². The van der Waals surface area contributed by atoms with Crippen molar-refractivity contribution in [1.82, 2.24) is 4.90 Å². The highest BCUT2D eigenvalue weighted by atomic mass is 35.5. The second-order valence-corrected chi connectivity index (χ2v) is 6.57. The molecule has 102 valence electrons. The van der Waals surface area contributed by atoms with E-state index >= 15 is 0 Å². The molecule has 2 aliphatic rings. The zero-order valence-electron chi connectivity index (χ0n) is 11.4. The molecule has 0 saturated heterocycles. The van der Waals surface area contributed by atoms with E-state index in [1.54, 1.807) is 0 Å². The maximum atomic E-state index is 12.4. The predicted octanol–water partition coefficient (Wildman–Crippen LogP) is 3.26. The fraction of sp³-hybridized carbons (Fsp3) is 0.562. The molecule has 0 unspecified atom stereocenters. The van der Waals surface area contributed by atoms with Gasteiger partial charge < -0.3 is 4.90 Å². The first-order valence-corrected chi connectivity index (χ1v) is 7.58. The van der Waals surface area contributed by atoms with Crippen molar-refractivity contribution in [3.8, 4) is 0 Å². The number of halogens is 1. The van der Waals surface area contributed by atoms with Crippen LogP contribution >= 0.6 is 11.6 Å². The van der Waals surface area contributed by atoms with Crippen molar-refractivity contribution in [2.45, 2.75) is 37.5 Å². The molecule has 3 heteroatoms. The van der Waals surface area contributed by atoms with Crippen LogP contribution in [0.25, 0.3) is 0 Å². The number of alkyl halides is 1. The Balaban J connectivity index is 1.66. The van der Waals surface area contributed by atoms with Crippen molar-refractivity contribution in [3.05, 3.63) is 34.9 Å². The SMILES string of the molecule is CN(CC1CC(Cl)C1)C(=O)c1ccc2c(c1)CCC2. The zero-order chi connectivity index (χ0) is 13.4. The van der Waals surface area contributed by atoms with Gasteiger partial charge in [-0.25, -0.2) is 0 Å². The summed E-state index contributed by atoms with van der Waals surface area (Å²) in [5.41, 5.74) is 3.62. The summed E-state index contributed by atoms with van der Waals surface area (Å²) in [5, 5.41) is 0.327. The second kappa shape index (κ2) is 5.16. The predicted molar refractivity (Wildman–Crippen MR) is 77.8 cm³/mol. The van der Waals surface area contributed by atoms with Gasteiger partial charge in [-0.3, -0.25) is 4.79 Å². The highest BCUT2D eigenvalue weighted by Gasteiger charge is 2.29. The first-order valence-electron chi connectivity index (χ1n) is 7.15. The standard InChI is InChI=1S/C16H20ClNO/c1-18(10-11-7-15(17)8-11)16(19)14-6-5-12-3-2-4-13(12)9-14/h5-6,9,11,15H,2-4,7-8,10H2,1H3. The summed E-state index contributed by atoms with van der Waals surface area (Å²) in [7, 11) is 1.90. The van der Waals surface area contributed by atoms with Gasteiger partial charge in [0.1, 0.15) is 0 Å². The van der Waals surface area contributed by atoms with Gasteiger partial charge in [-0.05, 0) is 61.3 Å². The van der Waals surface area contributed by atoms with E-state index < -0.39 is 0 Å². The lowest BCUT2D eigenvalue weighted by molar-refractivity contribution is 0.0747. The molecular weight excluding hydrogens is 258 g/mol. The Labute approximate surface area is 119 Å². The highest BCUT2D eigenvalue weighted by Crippen LogP contribution is 2.32. The van der Waals surface area contributed by atoms with E-state index in [1.165, 1.54) is 24.0 Å². The summed E-state index contributed by atoms with van der Waals surface area (Å²) in [5.74, 6) is 0.735. The van der Waals surface area contributed by atoms with Gasteiger partial charge >= 0.3 is 0 Å². The van der Waals surface area contributed by atoms with E-state index in [2.05, 4.69) is 12.1 Å². The molecular formula is C16H20ClNO. The van der Waals surface area contributed by atoms with Gasteiger partial charge in [0.15, 0.2) is 0 Å². The molecule has 1 fully saturated rings. The molecule has 0 N–H and O–H groups in total. The summed E-state index contributed by atoms with van der Waals surface area (Å²) >= 11 is 5.98. The number of carbonyl (C=O) groups is 1. The molecule has 0 heterocycles. The van der Waals surface area contributed by atoms with Crippen LogP contribution in [0.2, 0.25) is 0 Å². The molecule has 0 aliphatic heterocycles. The van der Waals surface area contributed by atoms with E-state index in [1.807, 2.05) is 18.0 Å². The lowest BCUT2D eigenvalue weighted by Crippen LogP contribution is -2.37. The molecule has 2 aliphatic carbocycles. The van der Waals surface area contributed by atoms with Crippen molar-refractivity contribution < 1.29 is 4.79 Å². The van der Waals surface area contributed by atoms with Gasteiger partial charge in [0.25, 0.3) is 5.91 Å². The minimum absolute atomic E-state index is 0.146. The highest BCUT2D eigenvalue weighted by molar-refractivity contribution is 6.21. The molecule has 0 aromatic heterocycles. The first kappa shape index (κ1) is 13.0. The topological polar surface area (TPSA) is 20.3 Å². The Morgan fingerprint density at radius 3 is 2.79 bits per heavy atom. The largest absolute Gasteiger partial charge is 0.341 e. The third-order valence-corrected chi connectivity index (χ3v) is 4.76. The van der Waals surface area contributed by atoms with Crippen molar-refractivity contribution in [2.24, 2.45) is 5.92 Å². The lowest BCUT2D eigenvalue weighted by atomic mass is 9.84. The molecule has 1 saturated carbocycles. The maximum absolute atomic E-state index is 12.4. The Bertz CT molecular complexity index is 494. The second-order valence-electron chi connectivity index (χ2n) is 5.96. The smallest absolute Gasteiger partial charge is 0.253 e.